The van der Waals surface area contributed by atoms with Crippen LogP contribution >= 0.6 is 0 Å². The van der Waals surface area contributed by atoms with Gasteiger partial charge in [-0.1, -0.05) is 0 Å². The van der Waals surface area contributed by atoms with Crippen molar-refractivity contribution >= 4 is 10.0 Å². The van der Waals surface area contributed by atoms with Crippen molar-refractivity contribution < 1.29 is 26.7 Å². The highest BCUT2D eigenvalue weighted by atomic mass is 32.2. The number of aliphatic hydroxyl groups excluding tert-OH is 1. The number of sulfonamides is 1. The maximum absolute atomic E-state index is 13.5. The molecule has 0 fully saturated rings. The Bertz CT molecular complexity index is 802. The van der Waals surface area contributed by atoms with E-state index in [0.717, 1.165) is 12.1 Å². The molecule has 0 aliphatic heterocycles. The number of hydrogen-bond donors (Lipinski definition) is 2. The summed E-state index contributed by atoms with van der Waals surface area (Å²) >= 11 is 0. The first-order valence-corrected chi connectivity index (χ1v) is 8.39. The van der Waals surface area contributed by atoms with Gasteiger partial charge >= 0.3 is 0 Å². The number of rotatable bonds is 6. The lowest BCUT2D eigenvalue weighted by Gasteiger charge is -2.11. The maximum Gasteiger partial charge on any atom is 0.243 e. The van der Waals surface area contributed by atoms with Crippen molar-refractivity contribution in [2.24, 2.45) is 0 Å². The molecule has 1 heterocycles. The summed E-state index contributed by atoms with van der Waals surface area (Å²) in [5.74, 6) is -0.704. The average Bonchev–Trinajstić information content (AvgIpc) is 2.80. The van der Waals surface area contributed by atoms with Crippen molar-refractivity contribution in [2.75, 3.05) is 6.54 Å². The molecule has 1 atom stereocenters. The van der Waals surface area contributed by atoms with E-state index < -0.39 is 32.7 Å². The first-order valence-electron chi connectivity index (χ1n) is 6.90. The van der Waals surface area contributed by atoms with Crippen LogP contribution in [0.4, 0.5) is 8.78 Å². The molecule has 1 aromatic carbocycles. The molecule has 0 aliphatic carbocycles. The third-order valence-corrected chi connectivity index (χ3v) is 4.81. The Balaban J connectivity index is 2.02. The smallest absolute Gasteiger partial charge is 0.243 e. The summed E-state index contributed by atoms with van der Waals surface area (Å²) in [6.07, 6.45) is -0.858. The van der Waals surface area contributed by atoms with Gasteiger partial charge in [-0.3, -0.25) is 0 Å². The minimum absolute atomic E-state index is 0.0655. The molecule has 0 aliphatic rings. The SMILES string of the molecule is Cc1cc(C(O)CCNS(=O)(=O)c2cc(F)ccc2F)c(C)o1. The molecule has 5 nitrogen and oxygen atoms in total. The van der Waals surface area contributed by atoms with Gasteiger partial charge in [0.1, 0.15) is 28.1 Å². The third-order valence-electron chi connectivity index (χ3n) is 3.33. The molecule has 0 amide bonds. The summed E-state index contributed by atoms with van der Waals surface area (Å²) < 4.78 is 58.0. The molecule has 126 valence electrons. The predicted molar refractivity (Wildman–Crippen MR) is 79.3 cm³/mol. The highest BCUT2D eigenvalue weighted by Crippen LogP contribution is 2.24. The Labute approximate surface area is 133 Å². The van der Waals surface area contributed by atoms with Crippen LogP contribution < -0.4 is 4.72 Å². The molecule has 0 saturated carbocycles. The molecule has 2 aromatic rings. The number of nitrogens with one attached hydrogen (secondary N) is 1. The van der Waals surface area contributed by atoms with Gasteiger partial charge in [-0.25, -0.2) is 21.9 Å². The van der Waals surface area contributed by atoms with Crippen LogP contribution in [0.15, 0.2) is 33.6 Å². The fourth-order valence-electron chi connectivity index (χ4n) is 2.23. The monoisotopic (exact) mass is 345 g/mol. The Morgan fingerprint density at radius 1 is 1.26 bits per heavy atom. The lowest BCUT2D eigenvalue weighted by molar-refractivity contribution is 0.167. The summed E-state index contributed by atoms with van der Waals surface area (Å²) in [5.41, 5.74) is 0.568. The maximum atomic E-state index is 13.5. The molecular weight excluding hydrogens is 328 g/mol. The zero-order chi connectivity index (χ0) is 17.2. The summed E-state index contributed by atoms with van der Waals surface area (Å²) in [5, 5.41) is 10.1. The molecule has 0 bridgehead atoms. The van der Waals surface area contributed by atoms with Gasteiger partial charge in [0.15, 0.2) is 0 Å². The summed E-state index contributed by atoms with van der Waals surface area (Å²) in [6, 6.07) is 3.86. The average molecular weight is 345 g/mol. The molecule has 1 unspecified atom stereocenters. The quantitative estimate of drug-likeness (QED) is 0.843. The van der Waals surface area contributed by atoms with Gasteiger partial charge in [0.25, 0.3) is 0 Å². The van der Waals surface area contributed by atoms with Crippen LogP contribution in [-0.2, 0) is 10.0 Å². The first-order chi connectivity index (χ1) is 10.7. The molecule has 8 heteroatoms. The van der Waals surface area contributed by atoms with Crippen LogP contribution in [0, 0.1) is 25.5 Å². The van der Waals surface area contributed by atoms with Gasteiger partial charge in [-0.2, -0.15) is 0 Å². The normalized spacial score (nSPS) is 13.3. The second-order valence-electron chi connectivity index (χ2n) is 5.15. The predicted octanol–water partition coefficient (Wildman–Crippen LogP) is 2.58. The largest absolute Gasteiger partial charge is 0.466 e. The van der Waals surface area contributed by atoms with E-state index in [-0.39, 0.29) is 13.0 Å². The Morgan fingerprint density at radius 3 is 2.57 bits per heavy atom. The highest BCUT2D eigenvalue weighted by Gasteiger charge is 2.21. The van der Waals surface area contributed by atoms with E-state index in [0.29, 0.717) is 23.2 Å². The van der Waals surface area contributed by atoms with Crippen LogP contribution in [0.1, 0.15) is 29.6 Å². The minimum Gasteiger partial charge on any atom is -0.466 e. The standard InChI is InChI=1S/C15H17F2NO4S/c1-9-7-12(10(2)22-9)14(19)5-6-18-23(20,21)15-8-11(16)3-4-13(15)17/h3-4,7-8,14,18-19H,5-6H2,1-2H3. The number of benzene rings is 1. The lowest BCUT2D eigenvalue weighted by Crippen LogP contribution is -2.27. The summed E-state index contributed by atoms with van der Waals surface area (Å²) in [4.78, 5) is -0.762. The zero-order valence-corrected chi connectivity index (χ0v) is 13.5. The Morgan fingerprint density at radius 2 is 1.96 bits per heavy atom. The van der Waals surface area contributed by atoms with E-state index in [1.54, 1.807) is 19.9 Å². The molecule has 1 aromatic heterocycles. The van der Waals surface area contributed by atoms with Crippen molar-refractivity contribution in [2.45, 2.75) is 31.3 Å². The molecule has 23 heavy (non-hydrogen) atoms. The Hall–Kier alpha value is -1.77. The van der Waals surface area contributed by atoms with Gasteiger partial charge in [0, 0.05) is 12.1 Å². The third kappa shape index (κ3) is 4.15. The number of halogens is 2. The first kappa shape index (κ1) is 17.6. The number of aliphatic hydroxyl groups is 1. The van der Waals surface area contributed by atoms with E-state index in [1.165, 1.54) is 0 Å². The van der Waals surface area contributed by atoms with Crippen molar-refractivity contribution in [3.8, 4) is 0 Å². The van der Waals surface area contributed by atoms with Crippen LogP contribution in [-0.4, -0.2) is 20.1 Å². The van der Waals surface area contributed by atoms with Crippen LogP contribution in [0.5, 0.6) is 0 Å². The summed E-state index contributed by atoms with van der Waals surface area (Å²) in [6.45, 7) is 3.29. The summed E-state index contributed by atoms with van der Waals surface area (Å²) in [7, 11) is -4.20. The number of hydrogen-bond acceptors (Lipinski definition) is 4. The van der Waals surface area contributed by atoms with Gasteiger partial charge < -0.3 is 9.52 Å². The van der Waals surface area contributed by atoms with E-state index in [2.05, 4.69) is 4.72 Å². The van der Waals surface area contributed by atoms with Crippen LogP contribution in [0.25, 0.3) is 0 Å². The van der Waals surface area contributed by atoms with E-state index in [1.807, 2.05) is 0 Å². The van der Waals surface area contributed by atoms with Gasteiger partial charge in [0.2, 0.25) is 10.0 Å². The van der Waals surface area contributed by atoms with Crippen molar-refractivity contribution in [3.63, 3.8) is 0 Å². The molecule has 0 radical (unpaired) electrons. The van der Waals surface area contributed by atoms with E-state index in [4.69, 9.17) is 4.42 Å². The van der Waals surface area contributed by atoms with Crippen molar-refractivity contribution in [1.29, 1.82) is 0 Å². The number of aryl methyl sites for hydroxylation is 2. The van der Waals surface area contributed by atoms with Gasteiger partial charge in [-0.15, -0.1) is 0 Å². The fourth-order valence-corrected chi connectivity index (χ4v) is 3.36. The van der Waals surface area contributed by atoms with Crippen LogP contribution in [0.2, 0.25) is 0 Å². The second-order valence-corrected chi connectivity index (χ2v) is 6.88. The minimum atomic E-state index is -4.20. The highest BCUT2D eigenvalue weighted by molar-refractivity contribution is 7.89. The number of furan rings is 1. The molecule has 0 saturated heterocycles. The molecule has 2 rings (SSSR count). The topological polar surface area (TPSA) is 79.5 Å². The lowest BCUT2D eigenvalue weighted by atomic mass is 10.1. The van der Waals surface area contributed by atoms with E-state index >= 15 is 0 Å². The van der Waals surface area contributed by atoms with Crippen LogP contribution in [0.3, 0.4) is 0 Å². The van der Waals surface area contributed by atoms with Crippen molar-refractivity contribution in [1.82, 2.24) is 4.72 Å². The molecular formula is C15H17F2NO4S. The zero-order valence-electron chi connectivity index (χ0n) is 12.6. The van der Waals surface area contributed by atoms with Gasteiger partial charge in [0.05, 0.1) is 6.10 Å². The van der Waals surface area contributed by atoms with E-state index in [9.17, 15) is 22.3 Å². The Kier molecular flexibility index (Phi) is 5.18. The molecule has 2 N–H and O–H groups in total. The fraction of sp³-hybridized carbons (Fsp3) is 0.333. The van der Waals surface area contributed by atoms with Crippen molar-refractivity contribution in [3.05, 3.63) is 53.0 Å². The molecule has 0 spiro atoms. The second kappa shape index (κ2) is 6.77. The van der Waals surface area contributed by atoms with Gasteiger partial charge in [-0.05, 0) is 44.5 Å².